The summed E-state index contributed by atoms with van der Waals surface area (Å²) in [5.41, 5.74) is 1.78. The van der Waals surface area contributed by atoms with E-state index in [-0.39, 0.29) is 5.56 Å². The zero-order valence-corrected chi connectivity index (χ0v) is 12.8. The highest BCUT2D eigenvalue weighted by Gasteiger charge is 2.22. The van der Waals surface area contributed by atoms with Gasteiger partial charge in [0.15, 0.2) is 0 Å². The van der Waals surface area contributed by atoms with E-state index in [1.54, 1.807) is 12.1 Å². The van der Waals surface area contributed by atoms with Crippen LogP contribution in [0.15, 0.2) is 36.4 Å². The number of halogens is 3. The molecule has 1 N–H and O–H groups in total. The molecule has 2 aromatic carbocycles. The summed E-state index contributed by atoms with van der Waals surface area (Å²) in [6, 6.07) is 8.77. The molecule has 0 bridgehead atoms. The molecule has 1 nitrogen and oxygen atoms in total. The van der Waals surface area contributed by atoms with E-state index < -0.39 is 17.7 Å². The van der Waals surface area contributed by atoms with E-state index in [1.165, 1.54) is 18.2 Å². The van der Waals surface area contributed by atoms with Crippen LogP contribution in [0.2, 0.25) is 5.02 Å². The first-order valence-electron chi connectivity index (χ1n) is 6.98. The molecule has 0 aliphatic heterocycles. The van der Waals surface area contributed by atoms with E-state index in [0.717, 1.165) is 17.5 Å². The van der Waals surface area contributed by atoms with Gasteiger partial charge in [-0.3, -0.25) is 0 Å². The maximum absolute atomic E-state index is 14.1. The first-order valence-corrected chi connectivity index (χ1v) is 7.35. The Morgan fingerprint density at radius 1 is 1.14 bits per heavy atom. The van der Waals surface area contributed by atoms with E-state index in [0.29, 0.717) is 11.6 Å². The molecule has 1 atom stereocenters. The Morgan fingerprint density at radius 3 is 2.38 bits per heavy atom. The lowest BCUT2D eigenvalue weighted by Crippen LogP contribution is -2.26. The second-order valence-corrected chi connectivity index (χ2v) is 5.46. The lowest BCUT2D eigenvalue weighted by atomic mass is 9.94. The van der Waals surface area contributed by atoms with Crippen LogP contribution in [0, 0.1) is 18.6 Å². The van der Waals surface area contributed by atoms with Gasteiger partial charge in [0.2, 0.25) is 0 Å². The largest absolute Gasteiger partial charge is 0.306 e. The molecule has 0 heterocycles. The van der Waals surface area contributed by atoms with Crippen LogP contribution < -0.4 is 5.32 Å². The molecule has 0 aromatic heterocycles. The van der Waals surface area contributed by atoms with E-state index in [9.17, 15) is 8.78 Å². The maximum Gasteiger partial charge on any atom is 0.131 e. The Morgan fingerprint density at radius 2 is 1.81 bits per heavy atom. The van der Waals surface area contributed by atoms with Gasteiger partial charge in [-0.25, -0.2) is 8.78 Å². The van der Waals surface area contributed by atoms with Gasteiger partial charge < -0.3 is 5.32 Å². The summed E-state index contributed by atoms with van der Waals surface area (Å²) in [6.07, 6.45) is 0.874. The second kappa shape index (κ2) is 7.01. The number of hydrogen-bond acceptors (Lipinski definition) is 1. The van der Waals surface area contributed by atoms with Crippen molar-refractivity contribution in [1.29, 1.82) is 0 Å². The van der Waals surface area contributed by atoms with Crippen LogP contribution in [0.3, 0.4) is 0 Å². The third-order valence-corrected chi connectivity index (χ3v) is 3.66. The third-order valence-electron chi connectivity index (χ3n) is 3.43. The van der Waals surface area contributed by atoms with Crippen LogP contribution in [-0.2, 0) is 0 Å². The van der Waals surface area contributed by atoms with Crippen molar-refractivity contribution in [1.82, 2.24) is 5.32 Å². The Kier molecular flexibility index (Phi) is 5.32. The van der Waals surface area contributed by atoms with Crippen molar-refractivity contribution in [3.8, 4) is 0 Å². The molecule has 4 heteroatoms. The maximum atomic E-state index is 14.1. The highest BCUT2D eigenvalue weighted by atomic mass is 35.5. The fraction of sp³-hybridized carbons (Fsp3) is 0.294. The van der Waals surface area contributed by atoms with Gasteiger partial charge in [0, 0.05) is 10.6 Å². The van der Waals surface area contributed by atoms with E-state index >= 15 is 0 Å². The molecular weight excluding hydrogens is 292 g/mol. The number of hydrogen-bond donors (Lipinski definition) is 1. The first-order chi connectivity index (χ1) is 10.0. The summed E-state index contributed by atoms with van der Waals surface area (Å²) in [7, 11) is 0. The molecule has 2 rings (SSSR count). The van der Waals surface area contributed by atoms with Crippen molar-refractivity contribution in [3.63, 3.8) is 0 Å². The molecule has 112 valence electrons. The smallest absolute Gasteiger partial charge is 0.131 e. The van der Waals surface area contributed by atoms with Crippen molar-refractivity contribution in [2.45, 2.75) is 26.3 Å². The average Bonchev–Trinajstić information content (AvgIpc) is 2.43. The molecule has 0 aliphatic rings. The predicted octanol–water partition coefficient (Wildman–Crippen LogP) is 5.02. The van der Waals surface area contributed by atoms with Gasteiger partial charge in [0.05, 0.1) is 6.04 Å². The van der Waals surface area contributed by atoms with E-state index in [1.807, 2.05) is 19.9 Å². The lowest BCUT2D eigenvalue weighted by Gasteiger charge is -2.22. The number of aryl methyl sites for hydroxylation is 1. The zero-order valence-electron chi connectivity index (χ0n) is 12.1. The standard InChI is InChI=1S/C17H18ClF2N/c1-3-9-21-17(13-8-7-12(18)10-11(13)2)16-14(19)5-4-6-15(16)20/h4-8,10,17,21H,3,9H2,1-2H3. The lowest BCUT2D eigenvalue weighted by molar-refractivity contribution is 0.502. The van der Waals surface area contributed by atoms with Crippen LogP contribution in [0.25, 0.3) is 0 Å². The van der Waals surface area contributed by atoms with Gasteiger partial charge in [-0.15, -0.1) is 0 Å². The van der Waals surface area contributed by atoms with Gasteiger partial charge in [-0.05, 0) is 55.3 Å². The van der Waals surface area contributed by atoms with Crippen molar-refractivity contribution < 1.29 is 8.78 Å². The van der Waals surface area contributed by atoms with Crippen molar-refractivity contribution in [2.24, 2.45) is 0 Å². The normalized spacial score (nSPS) is 12.4. The fourth-order valence-corrected chi connectivity index (χ4v) is 2.63. The van der Waals surface area contributed by atoms with Crippen LogP contribution in [0.4, 0.5) is 8.78 Å². The molecular formula is C17H18ClF2N. The topological polar surface area (TPSA) is 12.0 Å². The first kappa shape index (κ1) is 15.9. The predicted molar refractivity (Wildman–Crippen MR) is 82.7 cm³/mol. The molecule has 1 unspecified atom stereocenters. The molecule has 0 saturated carbocycles. The fourth-order valence-electron chi connectivity index (χ4n) is 2.41. The molecule has 0 amide bonds. The van der Waals surface area contributed by atoms with Crippen LogP contribution in [0.1, 0.15) is 36.1 Å². The minimum atomic E-state index is -0.544. The number of rotatable bonds is 5. The molecule has 0 aliphatic carbocycles. The summed E-state index contributed by atoms with van der Waals surface area (Å²) in [5, 5.41) is 3.83. The van der Waals surface area contributed by atoms with Crippen molar-refractivity contribution in [2.75, 3.05) is 6.54 Å². The van der Waals surface area contributed by atoms with Gasteiger partial charge in [0.25, 0.3) is 0 Å². The second-order valence-electron chi connectivity index (χ2n) is 5.02. The SMILES string of the molecule is CCCNC(c1ccc(Cl)cc1C)c1c(F)cccc1F. The van der Waals surface area contributed by atoms with Crippen molar-refractivity contribution in [3.05, 3.63) is 69.7 Å². The summed E-state index contributed by atoms with van der Waals surface area (Å²) in [5.74, 6) is -1.09. The molecule has 0 saturated heterocycles. The van der Waals surface area contributed by atoms with E-state index in [4.69, 9.17) is 11.6 Å². The Bertz CT molecular complexity index is 608. The quantitative estimate of drug-likeness (QED) is 0.818. The molecule has 2 aromatic rings. The Balaban J connectivity index is 2.52. The van der Waals surface area contributed by atoms with Gasteiger partial charge in [-0.2, -0.15) is 0 Å². The summed E-state index contributed by atoms with van der Waals surface area (Å²) in [4.78, 5) is 0. The minimum absolute atomic E-state index is 0.0522. The third kappa shape index (κ3) is 3.60. The summed E-state index contributed by atoms with van der Waals surface area (Å²) < 4.78 is 28.2. The monoisotopic (exact) mass is 309 g/mol. The Labute approximate surface area is 128 Å². The molecule has 0 radical (unpaired) electrons. The van der Waals surface area contributed by atoms with Gasteiger partial charge in [0.1, 0.15) is 11.6 Å². The van der Waals surface area contributed by atoms with Crippen molar-refractivity contribution >= 4 is 11.6 Å². The minimum Gasteiger partial charge on any atom is -0.306 e. The van der Waals surface area contributed by atoms with E-state index in [2.05, 4.69) is 5.32 Å². The van der Waals surface area contributed by atoms with Crippen LogP contribution in [-0.4, -0.2) is 6.54 Å². The summed E-state index contributed by atoms with van der Waals surface area (Å²) in [6.45, 7) is 4.57. The molecule has 21 heavy (non-hydrogen) atoms. The number of benzene rings is 2. The highest BCUT2D eigenvalue weighted by Crippen LogP contribution is 2.30. The average molecular weight is 310 g/mol. The zero-order chi connectivity index (χ0) is 15.4. The Hall–Kier alpha value is -1.45. The van der Waals surface area contributed by atoms with Crippen LogP contribution >= 0.6 is 11.6 Å². The number of nitrogens with one attached hydrogen (secondary N) is 1. The highest BCUT2D eigenvalue weighted by molar-refractivity contribution is 6.30. The van der Waals surface area contributed by atoms with Gasteiger partial charge >= 0.3 is 0 Å². The molecule has 0 fully saturated rings. The van der Waals surface area contributed by atoms with Crippen LogP contribution in [0.5, 0.6) is 0 Å². The summed E-state index contributed by atoms with van der Waals surface area (Å²) >= 11 is 5.97. The molecule has 0 spiro atoms. The van der Waals surface area contributed by atoms with Gasteiger partial charge in [-0.1, -0.05) is 30.7 Å².